The Morgan fingerprint density at radius 1 is 1.13 bits per heavy atom. The normalized spacial score (nSPS) is 15.2. The molecule has 5 nitrogen and oxygen atoms in total. The molecular weight excluding hydrogens is 294 g/mol. The van der Waals surface area contributed by atoms with Gasteiger partial charge in [0.2, 0.25) is 6.79 Å². The minimum absolute atomic E-state index is 0.0228. The second kappa shape index (κ2) is 5.43. The van der Waals surface area contributed by atoms with Crippen LogP contribution in [0.1, 0.15) is 29.3 Å². The molecule has 23 heavy (non-hydrogen) atoms. The van der Waals surface area contributed by atoms with Crippen LogP contribution >= 0.6 is 0 Å². The first-order valence-electron chi connectivity index (χ1n) is 7.53. The summed E-state index contributed by atoms with van der Waals surface area (Å²) < 4.78 is 16.4. The minimum Gasteiger partial charge on any atom is -0.493 e. The van der Waals surface area contributed by atoms with Crippen molar-refractivity contribution >= 4 is 17.2 Å². The average Bonchev–Trinajstić information content (AvgIpc) is 3.01. The van der Waals surface area contributed by atoms with Crippen molar-refractivity contribution in [2.45, 2.75) is 13.3 Å². The van der Waals surface area contributed by atoms with E-state index < -0.39 is 0 Å². The van der Waals surface area contributed by atoms with Crippen molar-refractivity contribution in [1.29, 1.82) is 0 Å². The molecule has 2 aliphatic heterocycles. The number of benzene rings is 2. The minimum atomic E-state index is 0.0228. The zero-order valence-electron chi connectivity index (χ0n) is 12.7. The van der Waals surface area contributed by atoms with Crippen LogP contribution in [-0.4, -0.2) is 24.9 Å². The van der Waals surface area contributed by atoms with Crippen LogP contribution in [0.4, 0.5) is 5.69 Å². The fraction of sp³-hybridized carbons (Fsp3) is 0.222. The van der Waals surface area contributed by atoms with Crippen molar-refractivity contribution in [2.24, 2.45) is 4.99 Å². The highest BCUT2D eigenvalue weighted by Gasteiger charge is 2.26. The van der Waals surface area contributed by atoms with Gasteiger partial charge in [0.1, 0.15) is 5.75 Å². The average molecular weight is 309 g/mol. The van der Waals surface area contributed by atoms with E-state index in [0.29, 0.717) is 35.1 Å². The Hall–Kier alpha value is -2.82. The third-order valence-corrected chi connectivity index (χ3v) is 3.87. The van der Waals surface area contributed by atoms with Crippen molar-refractivity contribution in [1.82, 2.24) is 0 Å². The molecule has 0 amide bonds. The van der Waals surface area contributed by atoms with Gasteiger partial charge in [0, 0.05) is 17.2 Å². The number of hydrogen-bond acceptors (Lipinski definition) is 5. The number of aliphatic imine (C=N–C) groups is 1. The second-order valence-electron chi connectivity index (χ2n) is 5.31. The van der Waals surface area contributed by atoms with E-state index in [-0.39, 0.29) is 19.0 Å². The van der Waals surface area contributed by atoms with Gasteiger partial charge in [-0.1, -0.05) is 12.1 Å². The van der Waals surface area contributed by atoms with Crippen LogP contribution in [-0.2, 0) is 0 Å². The fourth-order valence-corrected chi connectivity index (χ4v) is 2.82. The number of rotatable bonds is 3. The molecule has 2 aromatic carbocycles. The zero-order chi connectivity index (χ0) is 15.8. The summed E-state index contributed by atoms with van der Waals surface area (Å²) in [7, 11) is 0. The van der Waals surface area contributed by atoms with Crippen LogP contribution in [0.15, 0.2) is 41.4 Å². The quantitative estimate of drug-likeness (QED) is 0.870. The number of fused-ring (bicyclic) bond motifs is 2. The zero-order valence-corrected chi connectivity index (χ0v) is 12.7. The number of ketones is 1. The molecule has 0 saturated carbocycles. The molecule has 2 heterocycles. The predicted molar refractivity (Wildman–Crippen MR) is 85.3 cm³/mol. The summed E-state index contributed by atoms with van der Waals surface area (Å²) >= 11 is 0. The van der Waals surface area contributed by atoms with E-state index >= 15 is 0 Å². The standard InChI is InChI=1S/C18H15NO4/c1-2-21-16-6-4-3-5-11(16)13-8-15(20)12-7-17-18(23-10-22-17)9-14(12)19-13/h3-7,9H,2,8,10H2,1H3. The predicted octanol–water partition coefficient (Wildman–Crippen LogP) is 3.52. The van der Waals surface area contributed by atoms with Gasteiger partial charge in [0.15, 0.2) is 17.3 Å². The van der Waals surface area contributed by atoms with Crippen LogP contribution < -0.4 is 14.2 Å². The van der Waals surface area contributed by atoms with E-state index in [9.17, 15) is 4.79 Å². The molecular formula is C18H15NO4. The molecule has 2 aromatic rings. The summed E-state index contributed by atoms with van der Waals surface area (Å²) in [6.07, 6.45) is 0.247. The van der Waals surface area contributed by atoms with Crippen molar-refractivity contribution in [3.63, 3.8) is 0 Å². The van der Waals surface area contributed by atoms with E-state index in [2.05, 4.69) is 4.99 Å². The van der Waals surface area contributed by atoms with Gasteiger partial charge in [-0.15, -0.1) is 0 Å². The van der Waals surface area contributed by atoms with Crippen molar-refractivity contribution in [2.75, 3.05) is 13.4 Å². The molecule has 4 rings (SSSR count). The van der Waals surface area contributed by atoms with E-state index in [0.717, 1.165) is 11.3 Å². The number of nitrogens with zero attached hydrogens (tertiary/aromatic N) is 1. The number of carbonyl (C=O) groups excluding carboxylic acids is 1. The number of hydrogen-bond donors (Lipinski definition) is 0. The van der Waals surface area contributed by atoms with Gasteiger partial charge < -0.3 is 14.2 Å². The summed E-state index contributed by atoms with van der Waals surface area (Å²) in [6, 6.07) is 11.1. The lowest BCUT2D eigenvalue weighted by molar-refractivity contribution is 0.0999. The third kappa shape index (κ3) is 2.34. The van der Waals surface area contributed by atoms with Gasteiger partial charge in [-0.2, -0.15) is 0 Å². The molecule has 0 fully saturated rings. The number of para-hydroxylation sites is 1. The van der Waals surface area contributed by atoms with Crippen LogP contribution in [0.2, 0.25) is 0 Å². The Morgan fingerprint density at radius 2 is 1.91 bits per heavy atom. The molecule has 0 spiro atoms. The van der Waals surface area contributed by atoms with Crippen molar-refractivity contribution in [3.05, 3.63) is 47.5 Å². The molecule has 0 unspecified atom stereocenters. The van der Waals surface area contributed by atoms with Crippen LogP contribution in [0.3, 0.4) is 0 Å². The molecule has 0 N–H and O–H groups in total. The van der Waals surface area contributed by atoms with E-state index in [4.69, 9.17) is 14.2 Å². The van der Waals surface area contributed by atoms with Gasteiger partial charge in [0.05, 0.1) is 24.4 Å². The summed E-state index contributed by atoms with van der Waals surface area (Å²) in [4.78, 5) is 17.2. The van der Waals surface area contributed by atoms with Crippen LogP contribution in [0.25, 0.3) is 0 Å². The molecule has 116 valence electrons. The van der Waals surface area contributed by atoms with E-state index in [1.54, 1.807) is 12.1 Å². The van der Waals surface area contributed by atoms with Gasteiger partial charge in [-0.3, -0.25) is 9.79 Å². The topological polar surface area (TPSA) is 57.1 Å². The molecule has 0 aliphatic carbocycles. The third-order valence-electron chi connectivity index (χ3n) is 3.87. The van der Waals surface area contributed by atoms with Crippen LogP contribution in [0.5, 0.6) is 17.2 Å². The summed E-state index contributed by atoms with van der Waals surface area (Å²) in [6.45, 7) is 2.67. The largest absolute Gasteiger partial charge is 0.493 e. The van der Waals surface area contributed by atoms with Gasteiger partial charge in [-0.05, 0) is 25.1 Å². The van der Waals surface area contributed by atoms with Gasteiger partial charge in [-0.25, -0.2) is 0 Å². The van der Waals surface area contributed by atoms with Crippen molar-refractivity contribution in [3.8, 4) is 17.2 Å². The number of Topliss-reactive ketones (excluding diaryl/α,β-unsaturated/α-hetero) is 1. The summed E-state index contributed by atoms with van der Waals surface area (Å²) in [5.41, 5.74) is 2.76. The first kappa shape index (κ1) is 13.8. The smallest absolute Gasteiger partial charge is 0.231 e. The summed E-state index contributed by atoms with van der Waals surface area (Å²) in [5.74, 6) is 1.99. The Morgan fingerprint density at radius 3 is 2.74 bits per heavy atom. The number of ether oxygens (including phenoxy) is 3. The van der Waals surface area contributed by atoms with Gasteiger partial charge in [0.25, 0.3) is 0 Å². The maximum atomic E-state index is 12.5. The Kier molecular flexibility index (Phi) is 3.26. The number of carbonyl (C=O) groups is 1. The molecule has 2 aliphatic rings. The Bertz CT molecular complexity index is 826. The van der Waals surface area contributed by atoms with Gasteiger partial charge >= 0.3 is 0 Å². The second-order valence-corrected chi connectivity index (χ2v) is 5.31. The summed E-state index contributed by atoms with van der Waals surface area (Å²) in [5, 5.41) is 0. The first-order valence-corrected chi connectivity index (χ1v) is 7.53. The molecule has 5 heteroatoms. The highest BCUT2D eigenvalue weighted by molar-refractivity contribution is 6.21. The molecule has 0 bridgehead atoms. The van der Waals surface area contributed by atoms with Crippen LogP contribution in [0, 0.1) is 0 Å². The lowest BCUT2D eigenvalue weighted by Gasteiger charge is -2.17. The Balaban J connectivity index is 1.82. The Labute approximate surface area is 133 Å². The molecule has 0 radical (unpaired) electrons. The van der Waals surface area contributed by atoms with Crippen molar-refractivity contribution < 1.29 is 19.0 Å². The maximum absolute atomic E-state index is 12.5. The molecule has 0 atom stereocenters. The monoisotopic (exact) mass is 309 g/mol. The highest BCUT2D eigenvalue weighted by atomic mass is 16.7. The first-order chi connectivity index (χ1) is 11.3. The van der Waals surface area contributed by atoms with E-state index in [1.165, 1.54) is 0 Å². The molecule has 0 saturated heterocycles. The fourth-order valence-electron chi connectivity index (χ4n) is 2.82. The lowest BCUT2D eigenvalue weighted by atomic mass is 9.95. The SMILES string of the molecule is CCOc1ccccc1C1=Nc2cc3c(cc2C(=O)C1)OCO3. The maximum Gasteiger partial charge on any atom is 0.231 e. The lowest BCUT2D eigenvalue weighted by Crippen LogP contribution is -2.15. The highest BCUT2D eigenvalue weighted by Crippen LogP contribution is 2.41. The molecule has 0 aromatic heterocycles. The van der Waals surface area contributed by atoms with E-state index in [1.807, 2.05) is 31.2 Å².